The highest BCUT2D eigenvalue weighted by atomic mass is 16.5. The molecule has 0 saturated carbocycles. The van der Waals surface area contributed by atoms with Gasteiger partial charge in [0, 0.05) is 31.0 Å². The number of fused-ring (bicyclic) bond motifs is 1. The predicted octanol–water partition coefficient (Wildman–Crippen LogP) is 2.05. The number of hydrogen-bond acceptors (Lipinski definition) is 6. The van der Waals surface area contributed by atoms with E-state index in [4.69, 9.17) is 9.63 Å². The minimum atomic E-state index is -0.913. The van der Waals surface area contributed by atoms with Crippen LogP contribution in [0.4, 0.5) is 4.79 Å². The Morgan fingerprint density at radius 1 is 1.37 bits per heavy atom. The fourth-order valence-corrected chi connectivity index (χ4v) is 3.41. The molecule has 0 bridgehead atoms. The van der Waals surface area contributed by atoms with E-state index >= 15 is 0 Å². The maximum atomic E-state index is 12.2. The number of aromatic amines is 1. The minimum Gasteiger partial charge on any atom is -0.465 e. The Hall–Kier alpha value is -3.17. The Morgan fingerprint density at radius 2 is 2.11 bits per heavy atom. The number of piperidine rings is 1. The van der Waals surface area contributed by atoms with Crippen molar-refractivity contribution in [1.82, 2.24) is 29.6 Å². The molecule has 0 aromatic carbocycles. The van der Waals surface area contributed by atoms with Gasteiger partial charge in [-0.05, 0) is 12.8 Å². The van der Waals surface area contributed by atoms with Crippen molar-refractivity contribution in [2.45, 2.75) is 38.5 Å². The second kappa shape index (κ2) is 6.53. The van der Waals surface area contributed by atoms with Gasteiger partial charge in [0.05, 0.1) is 17.5 Å². The van der Waals surface area contributed by atoms with Crippen LogP contribution in [0.15, 0.2) is 21.6 Å². The molecule has 10 heteroatoms. The van der Waals surface area contributed by atoms with Gasteiger partial charge in [-0.25, -0.2) is 9.31 Å². The Morgan fingerprint density at radius 3 is 2.74 bits per heavy atom. The van der Waals surface area contributed by atoms with Gasteiger partial charge in [-0.2, -0.15) is 10.1 Å². The third-order valence-electron chi connectivity index (χ3n) is 4.89. The summed E-state index contributed by atoms with van der Waals surface area (Å²) in [5.41, 5.74) is 1.62. The summed E-state index contributed by atoms with van der Waals surface area (Å²) in [5, 5.41) is 17.5. The molecule has 4 heterocycles. The summed E-state index contributed by atoms with van der Waals surface area (Å²) < 4.78 is 6.94. The number of nitrogens with zero attached hydrogens (tertiary/aromatic N) is 5. The lowest BCUT2D eigenvalue weighted by Gasteiger charge is -2.30. The summed E-state index contributed by atoms with van der Waals surface area (Å²) >= 11 is 0. The SMILES string of the molecule is CC(C)c1nc(-c2cnn3c(C4CCN(C(=O)O)CC4)cc(=O)[nH]c23)no1. The average Bonchev–Trinajstić information content (AvgIpc) is 3.27. The van der Waals surface area contributed by atoms with Crippen LogP contribution >= 0.6 is 0 Å². The Kier molecular flexibility index (Phi) is 4.17. The molecule has 4 rings (SSSR count). The molecule has 3 aromatic heterocycles. The van der Waals surface area contributed by atoms with Crippen LogP contribution in [-0.4, -0.2) is 53.9 Å². The third kappa shape index (κ3) is 3.07. The molecule has 142 valence electrons. The molecule has 1 aliphatic heterocycles. The normalized spacial score (nSPS) is 15.7. The van der Waals surface area contributed by atoms with Crippen LogP contribution in [0.2, 0.25) is 0 Å². The highest BCUT2D eigenvalue weighted by Gasteiger charge is 2.26. The van der Waals surface area contributed by atoms with E-state index in [0.717, 1.165) is 5.69 Å². The second-order valence-corrected chi connectivity index (χ2v) is 7.03. The number of carbonyl (C=O) groups is 1. The second-order valence-electron chi connectivity index (χ2n) is 7.03. The molecule has 0 aliphatic carbocycles. The first-order valence-corrected chi connectivity index (χ1v) is 8.87. The molecule has 1 aliphatic rings. The number of H-pyrrole nitrogens is 1. The summed E-state index contributed by atoms with van der Waals surface area (Å²) in [4.78, 5) is 31.9. The zero-order valence-electron chi connectivity index (χ0n) is 15.0. The van der Waals surface area contributed by atoms with Gasteiger partial charge in [0.2, 0.25) is 11.7 Å². The van der Waals surface area contributed by atoms with Crippen molar-refractivity contribution in [2.75, 3.05) is 13.1 Å². The summed E-state index contributed by atoms with van der Waals surface area (Å²) in [6.45, 7) is 4.78. The zero-order chi connectivity index (χ0) is 19.1. The van der Waals surface area contributed by atoms with Gasteiger partial charge in [-0.1, -0.05) is 19.0 Å². The lowest BCUT2D eigenvalue weighted by Crippen LogP contribution is -2.37. The standard InChI is InChI=1S/C17H20N6O4/c1-9(2)16-20-14(21-27-16)11-8-18-23-12(7-13(24)19-15(11)23)10-3-5-22(6-4-10)17(25)26/h7-10H,3-6H2,1-2H3,(H,19,24)(H,25,26). The van der Waals surface area contributed by atoms with Gasteiger partial charge in [0.25, 0.3) is 5.56 Å². The van der Waals surface area contributed by atoms with Crippen molar-refractivity contribution in [3.63, 3.8) is 0 Å². The third-order valence-corrected chi connectivity index (χ3v) is 4.89. The fraction of sp³-hybridized carbons (Fsp3) is 0.471. The van der Waals surface area contributed by atoms with Gasteiger partial charge in [0.15, 0.2) is 0 Å². The first-order valence-electron chi connectivity index (χ1n) is 8.87. The van der Waals surface area contributed by atoms with Crippen LogP contribution in [0.3, 0.4) is 0 Å². The number of hydrogen-bond donors (Lipinski definition) is 2. The first-order chi connectivity index (χ1) is 12.9. The molecule has 27 heavy (non-hydrogen) atoms. The Labute approximate surface area is 153 Å². The van der Waals surface area contributed by atoms with E-state index in [0.29, 0.717) is 48.9 Å². The van der Waals surface area contributed by atoms with Gasteiger partial charge in [-0.3, -0.25) is 4.79 Å². The zero-order valence-corrected chi connectivity index (χ0v) is 15.0. The summed E-state index contributed by atoms with van der Waals surface area (Å²) in [7, 11) is 0. The maximum Gasteiger partial charge on any atom is 0.407 e. The van der Waals surface area contributed by atoms with Crippen molar-refractivity contribution >= 4 is 11.7 Å². The largest absolute Gasteiger partial charge is 0.465 e. The van der Waals surface area contributed by atoms with Crippen molar-refractivity contribution < 1.29 is 14.4 Å². The molecule has 0 spiro atoms. The molecular formula is C17H20N6O4. The quantitative estimate of drug-likeness (QED) is 0.719. The molecule has 2 N–H and O–H groups in total. The van der Waals surface area contributed by atoms with E-state index in [1.165, 1.54) is 11.0 Å². The van der Waals surface area contributed by atoms with Crippen LogP contribution < -0.4 is 5.56 Å². The van der Waals surface area contributed by atoms with E-state index < -0.39 is 6.09 Å². The molecule has 3 aromatic rings. The van der Waals surface area contributed by atoms with Crippen LogP contribution in [0.1, 0.15) is 50.1 Å². The maximum absolute atomic E-state index is 12.2. The lowest BCUT2D eigenvalue weighted by molar-refractivity contribution is 0.131. The molecular weight excluding hydrogens is 352 g/mol. The number of amides is 1. The molecule has 0 atom stereocenters. The number of carboxylic acid groups (broad SMARTS) is 1. The van der Waals surface area contributed by atoms with Crippen molar-refractivity contribution in [1.29, 1.82) is 0 Å². The lowest BCUT2D eigenvalue weighted by atomic mass is 9.93. The summed E-state index contributed by atoms with van der Waals surface area (Å²) in [6, 6.07) is 1.53. The predicted molar refractivity (Wildman–Crippen MR) is 94.8 cm³/mol. The number of likely N-dealkylation sites (tertiary alicyclic amines) is 1. The highest BCUT2D eigenvalue weighted by Crippen LogP contribution is 2.29. The van der Waals surface area contributed by atoms with Crippen LogP contribution in [0.25, 0.3) is 17.0 Å². The molecule has 0 unspecified atom stereocenters. The average molecular weight is 372 g/mol. The first kappa shape index (κ1) is 17.3. The van der Waals surface area contributed by atoms with Crippen LogP contribution in [0, 0.1) is 0 Å². The van der Waals surface area contributed by atoms with E-state index in [9.17, 15) is 9.59 Å². The number of nitrogens with one attached hydrogen (secondary N) is 1. The number of rotatable bonds is 3. The van der Waals surface area contributed by atoms with Gasteiger partial charge < -0.3 is 19.5 Å². The van der Waals surface area contributed by atoms with E-state index in [1.807, 2.05) is 13.8 Å². The molecule has 10 nitrogen and oxygen atoms in total. The molecule has 1 saturated heterocycles. The van der Waals surface area contributed by atoms with E-state index in [-0.39, 0.29) is 17.4 Å². The van der Waals surface area contributed by atoms with Gasteiger partial charge in [-0.15, -0.1) is 0 Å². The van der Waals surface area contributed by atoms with Crippen LogP contribution in [-0.2, 0) is 0 Å². The monoisotopic (exact) mass is 372 g/mol. The molecule has 1 fully saturated rings. The van der Waals surface area contributed by atoms with E-state index in [2.05, 4.69) is 20.2 Å². The van der Waals surface area contributed by atoms with Crippen molar-refractivity contribution in [2.24, 2.45) is 0 Å². The summed E-state index contributed by atoms with van der Waals surface area (Å²) in [5.74, 6) is 1.04. The van der Waals surface area contributed by atoms with Crippen LogP contribution in [0.5, 0.6) is 0 Å². The summed E-state index contributed by atoms with van der Waals surface area (Å²) in [6.07, 6.45) is 1.97. The number of aromatic nitrogens is 5. The van der Waals surface area contributed by atoms with Crippen molar-refractivity contribution in [3.05, 3.63) is 34.2 Å². The molecule has 0 radical (unpaired) electrons. The van der Waals surface area contributed by atoms with E-state index in [1.54, 1.807) is 10.7 Å². The minimum absolute atomic E-state index is 0.0506. The Balaban J connectivity index is 1.72. The van der Waals surface area contributed by atoms with Crippen molar-refractivity contribution in [3.8, 4) is 11.4 Å². The molecule has 1 amide bonds. The highest BCUT2D eigenvalue weighted by molar-refractivity contribution is 5.72. The van der Waals surface area contributed by atoms with Gasteiger partial charge in [0.1, 0.15) is 5.65 Å². The fourth-order valence-electron chi connectivity index (χ4n) is 3.41. The van der Waals surface area contributed by atoms with Gasteiger partial charge >= 0.3 is 6.09 Å². The Bertz CT molecular complexity index is 1040. The smallest absolute Gasteiger partial charge is 0.407 e. The topological polar surface area (TPSA) is 130 Å².